The van der Waals surface area contributed by atoms with Crippen molar-refractivity contribution in [2.45, 2.75) is 59.0 Å². The second-order valence-corrected chi connectivity index (χ2v) is 5.52. The number of nitrogens with zero attached hydrogens (tertiary/aromatic N) is 2. The van der Waals surface area contributed by atoms with Gasteiger partial charge >= 0.3 is 0 Å². The Morgan fingerprint density at radius 2 is 1.86 bits per heavy atom. The standard InChI is InChI=1S/C18H27N3/c1-4-9-15-10-7-8-11-18(15)19-14-16-12-13-21(20-16)17(5-2)6-3/h7-8,10-13,17,19H,4-6,9,14H2,1-3H3. The molecule has 0 bridgehead atoms. The van der Waals surface area contributed by atoms with Crippen molar-refractivity contribution in [1.82, 2.24) is 9.78 Å². The molecule has 0 radical (unpaired) electrons. The average Bonchev–Trinajstić information content (AvgIpc) is 2.97. The summed E-state index contributed by atoms with van der Waals surface area (Å²) in [4.78, 5) is 0. The fourth-order valence-electron chi connectivity index (χ4n) is 2.70. The van der Waals surface area contributed by atoms with Crippen molar-refractivity contribution in [2.75, 3.05) is 5.32 Å². The Labute approximate surface area is 128 Å². The van der Waals surface area contributed by atoms with Gasteiger partial charge in [-0.2, -0.15) is 5.10 Å². The predicted octanol–water partition coefficient (Wildman–Crippen LogP) is 4.81. The van der Waals surface area contributed by atoms with Crippen LogP contribution in [0, 0.1) is 0 Å². The Morgan fingerprint density at radius 1 is 1.10 bits per heavy atom. The normalized spacial score (nSPS) is 11.0. The lowest BCUT2D eigenvalue weighted by molar-refractivity contribution is 0.426. The van der Waals surface area contributed by atoms with Gasteiger partial charge < -0.3 is 5.32 Å². The van der Waals surface area contributed by atoms with Gasteiger partial charge in [-0.3, -0.25) is 4.68 Å². The molecule has 0 saturated carbocycles. The van der Waals surface area contributed by atoms with Gasteiger partial charge in [0.05, 0.1) is 18.3 Å². The van der Waals surface area contributed by atoms with Gasteiger partial charge in [-0.1, -0.05) is 45.4 Å². The lowest BCUT2D eigenvalue weighted by Gasteiger charge is -2.13. The third-order valence-electron chi connectivity index (χ3n) is 3.98. The molecule has 0 aliphatic carbocycles. The highest BCUT2D eigenvalue weighted by atomic mass is 15.3. The highest BCUT2D eigenvalue weighted by molar-refractivity contribution is 5.51. The fourth-order valence-corrected chi connectivity index (χ4v) is 2.70. The first kappa shape index (κ1) is 15.6. The molecule has 0 unspecified atom stereocenters. The summed E-state index contributed by atoms with van der Waals surface area (Å²) in [7, 11) is 0. The molecule has 0 spiro atoms. The molecule has 0 atom stereocenters. The number of benzene rings is 1. The van der Waals surface area contributed by atoms with Crippen LogP contribution >= 0.6 is 0 Å². The van der Waals surface area contributed by atoms with Gasteiger partial charge in [0, 0.05) is 11.9 Å². The minimum Gasteiger partial charge on any atom is -0.379 e. The SMILES string of the molecule is CCCc1ccccc1NCc1ccn(C(CC)CC)n1. The molecular formula is C18H27N3. The van der Waals surface area contributed by atoms with Gasteiger partial charge in [0.1, 0.15) is 0 Å². The number of nitrogens with one attached hydrogen (secondary N) is 1. The van der Waals surface area contributed by atoms with E-state index < -0.39 is 0 Å². The molecule has 0 aliphatic heterocycles. The maximum absolute atomic E-state index is 4.70. The molecule has 114 valence electrons. The van der Waals surface area contributed by atoms with E-state index in [2.05, 4.69) is 67.3 Å². The third-order valence-corrected chi connectivity index (χ3v) is 3.98. The third kappa shape index (κ3) is 4.10. The molecule has 3 nitrogen and oxygen atoms in total. The van der Waals surface area contributed by atoms with E-state index in [1.807, 2.05) is 0 Å². The van der Waals surface area contributed by atoms with Crippen molar-refractivity contribution in [3.05, 3.63) is 47.8 Å². The van der Waals surface area contributed by atoms with E-state index in [0.29, 0.717) is 6.04 Å². The van der Waals surface area contributed by atoms with Crippen molar-refractivity contribution in [3.63, 3.8) is 0 Å². The lowest BCUT2D eigenvalue weighted by atomic mass is 10.1. The van der Waals surface area contributed by atoms with Gasteiger partial charge in [0.25, 0.3) is 0 Å². The average molecular weight is 285 g/mol. The minimum absolute atomic E-state index is 0.520. The largest absolute Gasteiger partial charge is 0.379 e. The van der Waals surface area contributed by atoms with E-state index in [-0.39, 0.29) is 0 Å². The first-order valence-corrected chi connectivity index (χ1v) is 8.14. The highest BCUT2D eigenvalue weighted by Crippen LogP contribution is 2.18. The molecule has 3 heteroatoms. The number of anilines is 1. The van der Waals surface area contributed by atoms with E-state index in [4.69, 9.17) is 5.10 Å². The van der Waals surface area contributed by atoms with Crippen LogP contribution in [0.4, 0.5) is 5.69 Å². The van der Waals surface area contributed by atoms with E-state index in [0.717, 1.165) is 31.5 Å². The van der Waals surface area contributed by atoms with Gasteiger partial charge in [-0.25, -0.2) is 0 Å². The Kier molecular flexibility index (Phi) is 5.85. The molecule has 0 fully saturated rings. The summed E-state index contributed by atoms with van der Waals surface area (Å²) >= 11 is 0. The van der Waals surface area contributed by atoms with Crippen molar-refractivity contribution in [2.24, 2.45) is 0 Å². The lowest BCUT2D eigenvalue weighted by Crippen LogP contribution is -2.09. The second kappa shape index (κ2) is 7.87. The molecule has 2 aromatic rings. The summed E-state index contributed by atoms with van der Waals surface area (Å²) in [5.41, 5.74) is 3.73. The number of para-hydroxylation sites is 1. The molecule has 21 heavy (non-hydrogen) atoms. The number of aromatic nitrogens is 2. The van der Waals surface area contributed by atoms with Crippen LogP contribution in [-0.2, 0) is 13.0 Å². The van der Waals surface area contributed by atoms with Crippen molar-refractivity contribution in [1.29, 1.82) is 0 Å². The number of hydrogen-bond donors (Lipinski definition) is 1. The molecule has 0 amide bonds. The Hall–Kier alpha value is -1.77. The molecule has 1 N–H and O–H groups in total. The first-order chi connectivity index (χ1) is 10.3. The summed E-state index contributed by atoms with van der Waals surface area (Å²) < 4.78 is 2.11. The van der Waals surface area contributed by atoms with Crippen LogP contribution in [0.3, 0.4) is 0 Å². The van der Waals surface area contributed by atoms with Crippen LogP contribution in [0.15, 0.2) is 36.5 Å². The Balaban J connectivity index is 2.00. The highest BCUT2D eigenvalue weighted by Gasteiger charge is 2.08. The van der Waals surface area contributed by atoms with Crippen LogP contribution < -0.4 is 5.32 Å². The fraction of sp³-hybridized carbons (Fsp3) is 0.500. The molecule has 1 aromatic heterocycles. The van der Waals surface area contributed by atoms with Crippen LogP contribution in [0.2, 0.25) is 0 Å². The number of hydrogen-bond acceptors (Lipinski definition) is 2. The Morgan fingerprint density at radius 3 is 2.57 bits per heavy atom. The summed E-state index contributed by atoms with van der Waals surface area (Å²) in [5, 5.41) is 8.22. The summed E-state index contributed by atoms with van der Waals surface area (Å²) in [6, 6.07) is 11.2. The number of rotatable bonds is 8. The first-order valence-electron chi connectivity index (χ1n) is 8.14. The predicted molar refractivity (Wildman–Crippen MR) is 89.6 cm³/mol. The van der Waals surface area contributed by atoms with Crippen molar-refractivity contribution < 1.29 is 0 Å². The molecule has 1 aromatic carbocycles. The molecular weight excluding hydrogens is 258 g/mol. The monoisotopic (exact) mass is 285 g/mol. The molecule has 2 rings (SSSR count). The van der Waals surface area contributed by atoms with E-state index in [1.54, 1.807) is 0 Å². The summed E-state index contributed by atoms with van der Waals surface area (Å²) in [6.45, 7) is 7.44. The van der Waals surface area contributed by atoms with Gasteiger partial charge in [0.2, 0.25) is 0 Å². The zero-order valence-electron chi connectivity index (χ0n) is 13.5. The zero-order chi connectivity index (χ0) is 15.1. The Bertz CT molecular complexity index is 541. The quantitative estimate of drug-likeness (QED) is 0.754. The second-order valence-electron chi connectivity index (χ2n) is 5.52. The summed E-state index contributed by atoms with van der Waals surface area (Å²) in [5.74, 6) is 0. The van der Waals surface area contributed by atoms with Crippen LogP contribution in [0.1, 0.15) is 57.3 Å². The van der Waals surface area contributed by atoms with E-state index in [1.165, 1.54) is 17.7 Å². The zero-order valence-corrected chi connectivity index (χ0v) is 13.5. The maximum atomic E-state index is 4.70. The van der Waals surface area contributed by atoms with Gasteiger partial charge in [-0.05, 0) is 37.0 Å². The van der Waals surface area contributed by atoms with Gasteiger partial charge in [0.15, 0.2) is 0 Å². The van der Waals surface area contributed by atoms with Gasteiger partial charge in [-0.15, -0.1) is 0 Å². The van der Waals surface area contributed by atoms with Crippen LogP contribution in [-0.4, -0.2) is 9.78 Å². The maximum Gasteiger partial charge on any atom is 0.0815 e. The van der Waals surface area contributed by atoms with E-state index in [9.17, 15) is 0 Å². The van der Waals surface area contributed by atoms with Crippen molar-refractivity contribution >= 4 is 5.69 Å². The minimum atomic E-state index is 0.520. The van der Waals surface area contributed by atoms with Crippen LogP contribution in [0.25, 0.3) is 0 Å². The smallest absolute Gasteiger partial charge is 0.0815 e. The van der Waals surface area contributed by atoms with Crippen LogP contribution in [0.5, 0.6) is 0 Å². The summed E-state index contributed by atoms with van der Waals surface area (Å²) in [6.07, 6.45) is 6.65. The molecule has 0 aliphatic rings. The van der Waals surface area contributed by atoms with E-state index >= 15 is 0 Å². The number of aryl methyl sites for hydroxylation is 1. The molecule has 0 saturated heterocycles. The van der Waals surface area contributed by atoms with Crippen molar-refractivity contribution in [3.8, 4) is 0 Å². The molecule has 1 heterocycles. The topological polar surface area (TPSA) is 29.9 Å².